The Labute approximate surface area is 76.3 Å². The van der Waals surface area contributed by atoms with Crippen LogP contribution >= 0.6 is 0 Å². The average Bonchev–Trinajstić information content (AvgIpc) is 2.79. The SMILES string of the molecule is Cc1noc(C)c1C(=O)NC1CC1. The molecule has 1 saturated carbocycles. The smallest absolute Gasteiger partial charge is 0.257 e. The number of hydrogen-bond acceptors (Lipinski definition) is 3. The van der Waals surface area contributed by atoms with Gasteiger partial charge in [0.05, 0.1) is 5.69 Å². The van der Waals surface area contributed by atoms with Crippen LogP contribution in [0.15, 0.2) is 4.52 Å². The van der Waals surface area contributed by atoms with Gasteiger partial charge in [0.2, 0.25) is 0 Å². The second kappa shape index (κ2) is 2.87. The Morgan fingerprint density at radius 3 is 2.69 bits per heavy atom. The zero-order chi connectivity index (χ0) is 9.42. The van der Waals surface area contributed by atoms with Crippen LogP contribution in [0.5, 0.6) is 0 Å². The van der Waals surface area contributed by atoms with E-state index in [4.69, 9.17) is 4.52 Å². The normalized spacial score (nSPS) is 15.8. The molecule has 13 heavy (non-hydrogen) atoms. The highest BCUT2D eigenvalue weighted by atomic mass is 16.5. The molecular weight excluding hydrogens is 168 g/mol. The summed E-state index contributed by atoms with van der Waals surface area (Å²) >= 11 is 0. The lowest BCUT2D eigenvalue weighted by Crippen LogP contribution is -2.26. The Kier molecular flexibility index (Phi) is 1.83. The molecule has 1 aromatic heterocycles. The van der Waals surface area contributed by atoms with Gasteiger partial charge in [-0.15, -0.1) is 0 Å². The molecule has 4 heteroatoms. The monoisotopic (exact) mass is 180 g/mol. The average molecular weight is 180 g/mol. The van der Waals surface area contributed by atoms with Crippen molar-refractivity contribution in [3.05, 3.63) is 17.0 Å². The number of aromatic nitrogens is 1. The van der Waals surface area contributed by atoms with Gasteiger partial charge >= 0.3 is 0 Å². The van der Waals surface area contributed by atoms with Crippen LogP contribution < -0.4 is 5.32 Å². The van der Waals surface area contributed by atoms with E-state index >= 15 is 0 Å². The maximum absolute atomic E-state index is 11.6. The second-order valence-corrected chi connectivity index (χ2v) is 3.45. The lowest BCUT2D eigenvalue weighted by molar-refractivity contribution is 0.0949. The molecule has 2 rings (SSSR count). The standard InChI is InChI=1S/C9H12N2O2/c1-5-8(6(2)13-11-5)9(12)10-7-3-4-7/h7H,3-4H2,1-2H3,(H,10,12). The van der Waals surface area contributed by atoms with E-state index in [2.05, 4.69) is 10.5 Å². The lowest BCUT2D eigenvalue weighted by atomic mass is 10.2. The van der Waals surface area contributed by atoms with Crippen molar-refractivity contribution < 1.29 is 9.32 Å². The number of carbonyl (C=O) groups excluding carboxylic acids is 1. The van der Waals surface area contributed by atoms with Gasteiger partial charge in [0.1, 0.15) is 11.3 Å². The van der Waals surface area contributed by atoms with Crippen LogP contribution in [0.4, 0.5) is 0 Å². The molecule has 0 aliphatic heterocycles. The first-order valence-electron chi connectivity index (χ1n) is 4.42. The van der Waals surface area contributed by atoms with Gasteiger partial charge in [-0.05, 0) is 26.7 Å². The quantitative estimate of drug-likeness (QED) is 0.743. The maximum Gasteiger partial charge on any atom is 0.257 e. The molecular formula is C9H12N2O2. The maximum atomic E-state index is 11.6. The van der Waals surface area contributed by atoms with Crippen LogP contribution in [-0.4, -0.2) is 17.1 Å². The molecule has 1 aliphatic carbocycles. The van der Waals surface area contributed by atoms with Gasteiger partial charge < -0.3 is 9.84 Å². The van der Waals surface area contributed by atoms with Crippen molar-refractivity contribution in [1.29, 1.82) is 0 Å². The molecule has 1 fully saturated rings. The molecule has 0 bridgehead atoms. The Hall–Kier alpha value is -1.32. The van der Waals surface area contributed by atoms with E-state index in [9.17, 15) is 4.79 Å². The fourth-order valence-electron chi connectivity index (χ4n) is 1.29. The zero-order valence-electron chi connectivity index (χ0n) is 7.76. The first-order chi connectivity index (χ1) is 6.18. The third kappa shape index (κ3) is 1.56. The van der Waals surface area contributed by atoms with Crippen LogP contribution in [0.1, 0.15) is 34.7 Å². The molecule has 1 amide bonds. The summed E-state index contributed by atoms with van der Waals surface area (Å²) < 4.78 is 4.91. The van der Waals surface area contributed by atoms with E-state index in [0.717, 1.165) is 12.8 Å². The van der Waals surface area contributed by atoms with Crippen LogP contribution in [0.2, 0.25) is 0 Å². The third-order valence-electron chi connectivity index (χ3n) is 2.17. The molecule has 1 heterocycles. The number of aryl methyl sites for hydroxylation is 2. The van der Waals surface area contributed by atoms with E-state index in [1.807, 2.05) is 0 Å². The van der Waals surface area contributed by atoms with Crippen LogP contribution in [-0.2, 0) is 0 Å². The molecule has 70 valence electrons. The van der Waals surface area contributed by atoms with Crippen LogP contribution in [0, 0.1) is 13.8 Å². The summed E-state index contributed by atoms with van der Waals surface area (Å²) in [5.74, 6) is 0.536. The summed E-state index contributed by atoms with van der Waals surface area (Å²) in [4.78, 5) is 11.6. The topological polar surface area (TPSA) is 55.1 Å². The van der Waals surface area contributed by atoms with Crippen molar-refractivity contribution in [2.24, 2.45) is 0 Å². The number of nitrogens with zero attached hydrogens (tertiary/aromatic N) is 1. The van der Waals surface area contributed by atoms with E-state index in [1.54, 1.807) is 13.8 Å². The second-order valence-electron chi connectivity index (χ2n) is 3.45. The van der Waals surface area contributed by atoms with Crippen molar-refractivity contribution in [3.63, 3.8) is 0 Å². The molecule has 4 nitrogen and oxygen atoms in total. The summed E-state index contributed by atoms with van der Waals surface area (Å²) in [6.45, 7) is 3.53. The predicted molar refractivity (Wildman–Crippen MR) is 46.5 cm³/mol. The van der Waals surface area contributed by atoms with E-state index in [1.165, 1.54) is 0 Å². The summed E-state index contributed by atoms with van der Waals surface area (Å²) in [6.07, 6.45) is 2.18. The van der Waals surface area contributed by atoms with Crippen LogP contribution in [0.3, 0.4) is 0 Å². The largest absolute Gasteiger partial charge is 0.361 e. The molecule has 0 radical (unpaired) electrons. The van der Waals surface area contributed by atoms with E-state index in [-0.39, 0.29) is 5.91 Å². The van der Waals surface area contributed by atoms with Gasteiger partial charge in [-0.25, -0.2) is 0 Å². The fourth-order valence-corrected chi connectivity index (χ4v) is 1.29. The van der Waals surface area contributed by atoms with Gasteiger partial charge in [0.25, 0.3) is 5.91 Å². The minimum Gasteiger partial charge on any atom is -0.361 e. The van der Waals surface area contributed by atoms with E-state index < -0.39 is 0 Å². The molecule has 0 unspecified atom stereocenters. The molecule has 0 spiro atoms. The van der Waals surface area contributed by atoms with Gasteiger partial charge in [-0.1, -0.05) is 5.16 Å². The lowest BCUT2D eigenvalue weighted by Gasteiger charge is -2.00. The Morgan fingerprint density at radius 2 is 2.23 bits per heavy atom. The van der Waals surface area contributed by atoms with Crippen molar-refractivity contribution in [3.8, 4) is 0 Å². The van der Waals surface area contributed by atoms with Crippen molar-refractivity contribution in [1.82, 2.24) is 10.5 Å². The Balaban J connectivity index is 2.17. The summed E-state index contributed by atoms with van der Waals surface area (Å²) in [5.41, 5.74) is 1.25. The molecule has 1 aromatic rings. The van der Waals surface area contributed by atoms with E-state index in [0.29, 0.717) is 23.1 Å². The molecule has 0 atom stereocenters. The first kappa shape index (κ1) is 8.29. The summed E-state index contributed by atoms with van der Waals surface area (Å²) in [7, 11) is 0. The Bertz CT molecular complexity index is 320. The van der Waals surface area contributed by atoms with Crippen LogP contribution in [0.25, 0.3) is 0 Å². The highest BCUT2D eigenvalue weighted by Gasteiger charge is 2.26. The number of amides is 1. The number of nitrogens with one attached hydrogen (secondary N) is 1. The zero-order valence-corrected chi connectivity index (χ0v) is 7.76. The highest BCUT2D eigenvalue weighted by Crippen LogP contribution is 2.20. The minimum atomic E-state index is -0.0567. The first-order valence-corrected chi connectivity index (χ1v) is 4.42. The molecule has 0 aromatic carbocycles. The summed E-state index contributed by atoms with van der Waals surface area (Å²) in [6, 6.07) is 0.376. The highest BCUT2D eigenvalue weighted by molar-refractivity contribution is 5.96. The molecule has 1 aliphatic rings. The minimum absolute atomic E-state index is 0.0567. The van der Waals surface area contributed by atoms with Crippen molar-refractivity contribution in [2.75, 3.05) is 0 Å². The third-order valence-corrected chi connectivity index (χ3v) is 2.17. The van der Waals surface area contributed by atoms with Gasteiger partial charge in [-0.2, -0.15) is 0 Å². The molecule has 0 saturated heterocycles. The number of rotatable bonds is 2. The molecule has 1 N–H and O–H groups in total. The van der Waals surface area contributed by atoms with Crippen molar-refractivity contribution >= 4 is 5.91 Å². The Morgan fingerprint density at radius 1 is 1.54 bits per heavy atom. The fraction of sp³-hybridized carbons (Fsp3) is 0.556. The van der Waals surface area contributed by atoms with Gasteiger partial charge in [0.15, 0.2) is 0 Å². The van der Waals surface area contributed by atoms with Crippen molar-refractivity contribution in [2.45, 2.75) is 32.7 Å². The van der Waals surface area contributed by atoms with Gasteiger partial charge in [0, 0.05) is 6.04 Å². The predicted octanol–water partition coefficient (Wildman–Crippen LogP) is 1.18. The number of hydrogen-bond donors (Lipinski definition) is 1. The number of carbonyl (C=O) groups is 1. The summed E-state index contributed by atoms with van der Waals surface area (Å²) in [5, 5.41) is 6.63. The van der Waals surface area contributed by atoms with Gasteiger partial charge in [-0.3, -0.25) is 4.79 Å².